The van der Waals surface area contributed by atoms with E-state index in [1.165, 1.54) is 39.4 Å². The molecule has 0 bridgehead atoms. The number of thiophene rings is 1. The van der Waals surface area contributed by atoms with Crippen LogP contribution in [0.25, 0.3) is 5.00 Å². The predicted molar refractivity (Wildman–Crippen MR) is 139 cm³/mol. The first-order chi connectivity index (χ1) is 16.6. The number of aryl methyl sites for hydroxylation is 3. The van der Waals surface area contributed by atoms with E-state index in [1.807, 2.05) is 47.4 Å². The Bertz CT molecular complexity index is 1380. The minimum absolute atomic E-state index is 0.0616. The molecule has 2 aliphatic rings. The van der Waals surface area contributed by atoms with Crippen LogP contribution in [-0.2, 0) is 19.4 Å². The molecule has 172 valence electrons. The molecule has 1 aliphatic heterocycles. The summed E-state index contributed by atoms with van der Waals surface area (Å²) in [5, 5.41) is 4.49. The van der Waals surface area contributed by atoms with Crippen molar-refractivity contribution in [3.05, 3.63) is 105 Å². The van der Waals surface area contributed by atoms with E-state index in [9.17, 15) is 4.79 Å². The van der Waals surface area contributed by atoms with Crippen molar-refractivity contribution >= 4 is 23.1 Å². The molecule has 1 aliphatic carbocycles. The standard InChI is InChI=1S/C29H29N3OS/c1-19-8-5-10-21(16-19)27-25-13-7-15-31(25)28-24(23-12-3-4-14-26(23)34-28)18-32(27)29(33)30-22-11-6-9-20(2)17-22/h5-11,13,15-17,27H,3-4,12,14,18H2,1-2H3,(H,30,33)/t27-/m0/s1. The maximum Gasteiger partial charge on any atom is 0.322 e. The molecule has 0 unspecified atom stereocenters. The molecule has 4 nitrogen and oxygen atoms in total. The largest absolute Gasteiger partial charge is 0.322 e. The fourth-order valence-electron chi connectivity index (χ4n) is 5.50. The van der Waals surface area contributed by atoms with E-state index in [2.05, 4.69) is 59.4 Å². The molecule has 6 rings (SSSR count). The smallest absolute Gasteiger partial charge is 0.310 e. The summed E-state index contributed by atoms with van der Waals surface area (Å²) >= 11 is 1.92. The van der Waals surface area contributed by atoms with Gasteiger partial charge in [-0.15, -0.1) is 11.3 Å². The number of nitrogens with zero attached hydrogens (tertiary/aromatic N) is 2. The van der Waals surface area contributed by atoms with Crippen LogP contribution in [0.5, 0.6) is 0 Å². The Morgan fingerprint density at radius 2 is 1.74 bits per heavy atom. The van der Waals surface area contributed by atoms with E-state index in [0.717, 1.165) is 35.3 Å². The number of hydrogen-bond acceptors (Lipinski definition) is 2. The van der Waals surface area contributed by atoms with Gasteiger partial charge in [-0.05, 0) is 80.5 Å². The minimum Gasteiger partial charge on any atom is -0.310 e. The van der Waals surface area contributed by atoms with Gasteiger partial charge in [-0.2, -0.15) is 0 Å². The minimum atomic E-state index is -0.168. The van der Waals surface area contributed by atoms with Crippen LogP contribution in [0.1, 0.15) is 57.3 Å². The zero-order valence-corrected chi connectivity index (χ0v) is 20.5. The van der Waals surface area contributed by atoms with Crippen molar-refractivity contribution in [2.24, 2.45) is 0 Å². The molecule has 0 spiro atoms. The third-order valence-corrected chi connectivity index (χ3v) is 8.40. The second-order valence-electron chi connectivity index (χ2n) is 9.54. The van der Waals surface area contributed by atoms with E-state index in [1.54, 1.807) is 0 Å². The number of nitrogens with one attached hydrogen (secondary N) is 1. The number of amides is 2. The summed E-state index contributed by atoms with van der Waals surface area (Å²) in [5.41, 5.74) is 8.25. The number of urea groups is 1. The van der Waals surface area contributed by atoms with Crippen molar-refractivity contribution in [2.75, 3.05) is 5.32 Å². The monoisotopic (exact) mass is 467 g/mol. The van der Waals surface area contributed by atoms with Gasteiger partial charge in [0, 0.05) is 22.3 Å². The predicted octanol–water partition coefficient (Wildman–Crippen LogP) is 7.17. The summed E-state index contributed by atoms with van der Waals surface area (Å²) in [7, 11) is 0. The van der Waals surface area contributed by atoms with Crippen molar-refractivity contribution in [1.82, 2.24) is 9.47 Å². The van der Waals surface area contributed by atoms with Crippen molar-refractivity contribution in [2.45, 2.75) is 52.1 Å². The number of aromatic nitrogens is 1. The summed E-state index contributed by atoms with van der Waals surface area (Å²) in [6.45, 7) is 4.77. The number of anilines is 1. The molecule has 1 N–H and O–H groups in total. The van der Waals surface area contributed by atoms with Crippen LogP contribution in [0.2, 0.25) is 0 Å². The first kappa shape index (κ1) is 21.2. The number of carbonyl (C=O) groups is 1. The van der Waals surface area contributed by atoms with E-state index >= 15 is 0 Å². The van der Waals surface area contributed by atoms with Gasteiger partial charge in [0.15, 0.2) is 0 Å². The fourth-order valence-corrected chi connectivity index (χ4v) is 6.90. The van der Waals surface area contributed by atoms with E-state index in [-0.39, 0.29) is 12.1 Å². The lowest BCUT2D eigenvalue weighted by Crippen LogP contribution is -2.38. The fraction of sp³-hybridized carbons (Fsp3) is 0.276. The highest BCUT2D eigenvalue weighted by atomic mass is 32.1. The maximum atomic E-state index is 13.9. The molecule has 5 heteroatoms. The summed E-state index contributed by atoms with van der Waals surface area (Å²) in [6.07, 6.45) is 6.92. The summed E-state index contributed by atoms with van der Waals surface area (Å²) < 4.78 is 2.34. The number of carbonyl (C=O) groups excluding carboxylic acids is 1. The van der Waals surface area contributed by atoms with E-state index in [4.69, 9.17) is 0 Å². The molecule has 2 amide bonds. The van der Waals surface area contributed by atoms with Gasteiger partial charge in [0.2, 0.25) is 0 Å². The third kappa shape index (κ3) is 3.64. The number of benzene rings is 2. The topological polar surface area (TPSA) is 37.3 Å². The first-order valence-electron chi connectivity index (χ1n) is 12.1. The van der Waals surface area contributed by atoms with Gasteiger partial charge in [-0.1, -0.05) is 42.0 Å². The zero-order valence-electron chi connectivity index (χ0n) is 19.7. The number of fused-ring (bicyclic) bond motifs is 5. The van der Waals surface area contributed by atoms with Crippen LogP contribution in [0.3, 0.4) is 0 Å². The van der Waals surface area contributed by atoms with Crippen molar-refractivity contribution < 1.29 is 4.79 Å². The van der Waals surface area contributed by atoms with Gasteiger partial charge < -0.3 is 14.8 Å². The van der Waals surface area contributed by atoms with Crippen LogP contribution in [0.4, 0.5) is 10.5 Å². The number of rotatable bonds is 2. The molecular weight excluding hydrogens is 438 g/mol. The lowest BCUT2D eigenvalue weighted by molar-refractivity contribution is 0.194. The molecule has 2 aromatic heterocycles. The number of hydrogen-bond donors (Lipinski definition) is 1. The highest BCUT2D eigenvalue weighted by molar-refractivity contribution is 7.15. The lowest BCUT2D eigenvalue weighted by atomic mass is 9.95. The Hall–Kier alpha value is -3.31. The Labute approximate surface area is 204 Å². The Morgan fingerprint density at radius 3 is 2.56 bits per heavy atom. The summed E-state index contributed by atoms with van der Waals surface area (Å²) in [5.74, 6) is 0. The lowest BCUT2D eigenvalue weighted by Gasteiger charge is -2.31. The Morgan fingerprint density at radius 1 is 0.941 bits per heavy atom. The van der Waals surface area contributed by atoms with Crippen LogP contribution >= 0.6 is 11.3 Å². The molecule has 0 saturated carbocycles. The average molecular weight is 468 g/mol. The van der Waals surface area contributed by atoms with E-state index in [0.29, 0.717) is 6.54 Å². The molecule has 0 fully saturated rings. The zero-order chi connectivity index (χ0) is 23.2. The van der Waals surface area contributed by atoms with Gasteiger partial charge in [-0.3, -0.25) is 0 Å². The third-order valence-electron chi connectivity index (χ3n) is 7.07. The SMILES string of the molecule is Cc1cccc(NC(=O)N2Cc3c(sc4c3CCCC4)-n3cccc3[C@@H]2c2cccc(C)c2)c1. The molecule has 2 aromatic carbocycles. The Balaban J connectivity index is 1.51. The normalized spacial score (nSPS) is 16.9. The summed E-state index contributed by atoms with van der Waals surface area (Å²) in [4.78, 5) is 17.5. The maximum absolute atomic E-state index is 13.9. The van der Waals surface area contributed by atoms with Gasteiger partial charge >= 0.3 is 6.03 Å². The van der Waals surface area contributed by atoms with E-state index < -0.39 is 0 Å². The van der Waals surface area contributed by atoms with Crippen molar-refractivity contribution in [3.63, 3.8) is 0 Å². The van der Waals surface area contributed by atoms with Crippen LogP contribution in [0, 0.1) is 13.8 Å². The highest BCUT2D eigenvalue weighted by Crippen LogP contribution is 2.44. The first-order valence-corrected chi connectivity index (χ1v) is 12.9. The van der Waals surface area contributed by atoms with Crippen LogP contribution in [0.15, 0.2) is 66.9 Å². The van der Waals surface area contributed by atoms with Gasteiger partial charge in [0.05, 0.1) is 18.3 Å². The highest BCUT2D eigenvalue weighted by Gasteiger charge is 2.36. The molecular formula is C29H29N3OS. The van der Waals surface area contributed by atoms with Gasteiger partial charge in [-0.25, -0.2) is 4.79 Å². The van der Waals surface area contributed by atoms with Crippen molar-refractivity contribution in [1.29, 1.82) is 0 Å². The quantitative estimate of drug-likeness (QED) is 0.333. The average Bonchev–Trinajstić information content (AvgIpc) is 3.41. The summed E-state index contributed by atoms with van der Waals surface area (Å²) in [6, 6.07) is 20.7. The van der Waals surface area contributed by atoms with Gasteiger partial charge in [0.25, 0.3) is 0 Å². The second kappa shape index (κ2) is 8.48. The van der Waals surface area contributed by atoms with Crippen LogP contribution < -0.4 is 5.32 Å². The molecule has 34 heavy (non-hydrogen) atoms. The Kier molecular flexibility index (Phi) is 5.30. The molecule has 4 aromatic rings. The van der Waals surface area contributed by atoms with Crippen LogP contribution in [-0.4, -0.2) is 15.5 Å². The molecule has 3 heterocycles. The van der Waals surface area contributed by atoms with Gasteiger partial charge in [0.1, 0.15) is 5.00 Å². The second-order valence-corrected chi connectivity index (χ2v) is 10.6. The molecule has 0 saturated heterocycles. The molecule has 0 radical (unpaired) electrons. The van der Waals surface area contributed by atoms with Crippen molar-refractivity contribution in [3.8, 4) is 5.00 Å². The molecule has 1 atom stereocenters.